The van der Waals surface area contributed by atoms with Crippen LogP contribution in [-0.2, 0) is 39.1 Å². The molecule has 0 saturated heterocycles. The van der Waals surface area contributed by atoms with Crippen LogP contribution in [0, 0.1) is 5.92 Å². The second-order valence-corrected chi connectivity index (χ2v) is 10.1. The molecule has 1 aliphatic rings. The molecule has 4 amide bonds. The van der Waals surface area contributed by atoms with Gasteiger partial charge >= 0.3 is 0 Å². The second kappa shape index (κ2) is 13.6. The predicted molar refractivity (Wildman–Crippen MR) is 143 cm³/mol. The molecule has 10 nitrogen and oxygen atoms in total. The molecule has 1 aromatic heterocycles. The Morgan fingerprint density at radius 1 is 0.895 bits per heavy atom. The van der Waals surface area contributed by atoms with Gasteiger partial charge in [0.15, 0.2) is 12.4 Å². The van der Waals surface area contributed by atoms with E-state index in [9.17, 15) is 19.2 Å². The van der Waals surface area contributed by atoms with Crippen LogP contribution in [0.4, 0.5) is 5.69 Å². The standard InChI is InChI=1S/C28H38N6O4/c1-18(35)31-24(15-19-10-12-22(29)13-11-19)27(37)33-25(21-8-4-3-5-9-21)28(38)32-23(26(30)36)16-20-7-6-14-34(2)17-20/h6-7,10-14,17,21,23-25H,3-5,8-9,15-16,29H2,1-2H3,(H4-,30,31,32,33,35,36,37,38)/p+1/t23-,24-,25-/m0/s1. The minimum atomic E-state index is -0.936. The topological polar surface area (TPSA) is 160 Å². The van der Waals surface area contributed by atoms with E-state index in [1.165, 1.54) is 6.92 Å². The number of pyridine rings is 1. The highest BCUT2D eigenvalue weighted by atomic mass is 16.2. The Kier molecular flexibility index (Phi) is 10.2. The van der Waals surface area contributed by atoms with Crippen LogP contribution in [0.15, 0.2) is 48.8 Å². The predicted octanol–water partition coefficient (Wildman–Crippen LogP) is 0.418. The first-order chi connectivity index (χ1) is 18.1. The third-order valence-corrected chi connectivity index (χ3v) is 6.92. The van der Waals surface area contributed by atoms with Crippen LogP contribution < -0.4 is 32.0 Å². The summed E-state index contributed by atoms with van der Waals surface area (Å²) in [4.78, 5) is 51.1. The zero-order valence-electron chi connectivity index (χ0n) is 22.1. The zero-order valence-corrected chi connectivity index (χ0v) is 22.1. The average Bonchev–Trinajstić information content (AvgIpc) is 2.87. The number of primary amides is 1. The van der Waals surface area contributed by atoms with Crippen LogP contribution in [0.1, 0.15) is 50.2 Å². The Morgan fingerprint density at radius 2 is 1.55 bits per heavy atom. The molecule has 0 spiro atoms. The van der Waals surface area contributed by atoms with Gasteiger partial charge in [0, 0.05) is 37.1 Å². The van der Waals surface area contributed by atoms with E-state index in [-0.39, 0.29) is 24.7 Å². The summed E-state index contributed by atoms with van der Waals surface area (Å²) in [6.45, 7) is 1.34. The minimum Gasteiger partial charge on any atom is -0.399 e. The molecule has 204 valence electrons. The molecular weight excluding hydrogens is 484 g/mol. The van der Waals surface area contributed by atoms with E-state index in [0.717, 1.165) is 43.2 Å². The SMILES string of the molecule is CC(=O)N[C@@H](Cc1ccc(N)cc1)C(=O)N[C@H](C(=O)N[C@@H](Cc1ccc[n+](C)c1)C(N)=O)C1CCCCC1. The fraction of sp³-hybridized carbons (Fsp3) is 0.464. The molecule has 10 heteroatoms. The molecule has 3 atom stereocenters. The lowest BCUT2D eigenvalue weighted by atomic mass is 9.83. The summed E-state index contributed by atoms with van der Waals surface area (Å²) in [5, 5.41) is 8.37. The van der Waals surface area contributed by atoms with Crippen LogP contribution in [0.25, 0.3) is 0 Å². The van der Waals surface area contributed by atoms with E-state index in [2.05, 4.69) is 16.0 Å². The number of amides is 4. The average molecular weight is 524 g/mol. The quantitative estimate of drug-likeness (QED) is 0.213. The molecule has 38 heavy (non-hydrogen) atoms. The number of nitrogens with two attached hydrogens (primary N) is 2. The number of nitrogen functional groups attached to an aromatic ring is 1. The lowest BCUT2D eigenvalue weighted by Crippen LogP contribution is -2.59. The number of aromatic nitrogens is 1. The molecule has 1 aliphatic carbocycles. The summed E-state index contributed by atoms with van der Waals surface area (Å²) < 4.78 is 1.85. The van der Waals surface area contributed by atoms with Gasteiger partial charge in [-0.3, -0.25) is 19.2 Å². The smallest absolute Gasteiger partial charge is 0.243 e. The molecule has 1 heterocycles. The first kappa shape index (κ1) is 28.6. The van der Waals surface area contributed by atoms with Crippen LogP contribution >= 0.6 is 0 Å². The molecule has 1 fully saturated rings. The van der Waals surface area contributed by atoms with E-state index in [4.69, 9.17) is 11.5 Å². The van der Waals surface area contributed by atoms with Crippen LogP contribution in [0.2, 0.25) is 0 Å². The van der Waals surface area contributed by atoms with E-state index >= 15 is 0 Å². The summed E-state index contributed by atoms with van der Waals surface area (Å²) in [5.74, 6) is -2.02. The Bertz CT molecular complexity index is 1130. The van der Waals surface area contributed by atoms with Crippen molar-refractivity contribution in [3.63, 3.8) is 0 Å². The van der Waals surface area contributed by atoms with Gasteiger partial charge in [-0.2, -0.15) is 0 Å². The molecule has 0 unspecified atom stereocenters. The highest BCUT2D eigenvalue weighted by Crippen LogP contribution is 2.27. The fourth-order valence-corrected chi connectivity index (χ4v) is 4.95. The van der Waals surface area contributed by atoms with Gasteiger partial charge in [0.25, 0.3) is 0 Å². The van der Waals surface area contributed by atoms with E-state index in [1.54, 1.807) is 24.3 Å². The molecule has 2 aromatic rings. The number of carbonyl (C=O) groups is 4. The molecule has 3 rings (SSSR count). The van der Waals surface area contributed by atoms with Gasteiger partial charge in [0.2, 0.25) is 23.6 Å². The molecule has 1 aromatic carbocycles. The summed E-state index contributed by atoms with van der Waals surface area (Å²) in [7, 11) is 1.87. The Labute approximate surface area is 223 Å². The number of rotatable bonds is 11. The molecular formula is C28H39N6O4+. The maximum Gasteiger partial charge on any atom is 0.243 e. The van der Waals surface area contributed by atoms with Crippen molar-refractivity contribution in [3.05, 3.63) is 59.9 Å². The number of nitrogens with one attached hydrogen (secondary N) is 3. The van der Waals surface area contributed by atoms with E-state index < -0.39 is 35.8 Å². The number of benzene rings is 1. The highest BCUT2D eigenvalue weighted by Gasteiger charge is 2.35. The molecule has 0 bridgehead atoms. The number of aryl methyl sites for hydroxylation is 1. The number of anilines is 1. The minimum absolute atomic E-state index is 0.0924. The molecule has 0 aliphatic heterocycles. The van der Waals surface area contributed by atoms with Crippen molar-refractivity contribution in [3.8, 4) is 0 Å². The monoisotopic (exact) mass is 523 g/mol. The van der Waals surface area contributed by atoms with Crippen molar-refractivity contribution in [2.45, 2.75) is 70.0 Å². The summed E-state index contributed by atoms with van der Waals surface area (Å²) in [5.41, 5.74) is 13.7. The number of carbonyl (C=O) groups excluding carboxylic acids is 4. The molecule has 1 saturated carbocycles. The summed E-state index contributed by atoms with van der Waals surface area (Å²) >= 11 is 0. The van der Waals surface area contributed by atoms with Crippen molar-refractivity contribution in [2.75, 3.05) is 5.73 Å². The Balaban J connectivity index is 1.78. The number of hydrogen-bond acceptors (Lipinski definition) is 5. The fourth-order valence-electron chi connectivity index (χ4n) is 4.95. The first-order valence-corrected chi connectivity index (χ1v) is 13.1. The van der Waals surface area contributed by atoms with Gasteiger partial charge in [0.1, 0.15) is 25.2 Å². The third kappa shape index (κ3) is 8.57. The normalized spacial score (nSPS) is 16.1. The number of nitrogens with zero attached hydrogens (tertiary/aromatic N) is 1. The van der Waals surface area contributed by atoms with Crippen LogP contribution in [-0.4, -0.2) is 41.8 Å². The maximum absolute atomic E-state index is 13.6. The van der Waals surface area contributed by atoms with Gasteiger partial charge in [-0.15, -0.1) is 0 Å². The van der Waals surface area contributed by atoms with Crippen LogP contribution in [0.5, 0.6) is 0 Å². The van der Waals surface area contributed by atoms with Gasteiger partial charge in [-0.25, -0.2) is 4.57 Å². The molecule has 7 N–H and O–H groups in total. The molecule has 0 radical (unpaired) electrons. The van der Waals surface area contributed by atoms with Crippen molar-refractivity contribution < 1.29 is 23.7 Å². The van der Waals surface area contributed by atoms with Gasteiger partial charge in [-0.1, -0.05) is 31.4 Å². The highest BCUT2D eigenvalue weighted by molar-refractivity contribution is 5.94. The number of hydrogen-bond donors (Lipinski definition) is 5. The van der Waals surface area contributed by atoms with Crippen molar-refractivity contribution >= 4 is 29.3 Å². The lowest BCUT2D eigenvalue weighted by Gasteiger charge is -2.32. The largest absolute Gasteiger partial charge is 0.399 e. The van der Waals surface area contributed by atoms with Gasteiger partial charge < -0.3 is 27.4 Å². The van der Waals surface area contributed by atoms with Gasteiger partial charge in [0.05, 0.1) is 0 Å². The van der Waals surface area contributed by atoms with Gasteiger partial charge in [-0.05, 0) is 42.5 Å². The summed E-state index contributed by atoms with van der Waals surface area (Å²) in [6.07, 6.45) is 8.71. The first-order valence-electron chi connectivity index (χ1n) is 13.1. The summed E-state index contributed by atoms with van der Waals surface area (Å²) in [6, 6.07) is 8.08. The Hall–Kier alpha value is -3.95. The lowest BCUT2D eigenvalue weighted by molar-refractivity contribution is -0.671. The van der Waals surface area contributed by atoms with Crippen molar-refractivity contribution in [1.82, 2.24) is 16.0 Å². The van der Waals surface area contributed by atoms with E-state index in [1.807, 2.05) is 36.1 Å². The van der Waals surface area contributed by atoms with E-state index in [0.29, 0.717) is 5.69 Å². The Morgan fingerprint density at radius 3 is 2.16 bits per heavy atom. The van der Waals surface area contributed by atoms with Crippen molar-refractivity contribution in [1.29, 1.82) is 0 Å². The van der Waals surface area contributed by atoms with Crippen LogP contribution in [0.3, 0.4) is 0 Å². The second-order valence-electron chi connectivity index (χ2n) is 10.1. The maximum atomic E-state index is 13.6. The van der Waals surface area contributed by atoms with Crippen molar-refractivity contribution in [2.24, 2.45) is 18.7 Å². The third-order valence-electron chi connectivity index (χ3n) is 6.92. The zero-order chi connectivity index (χ0) is 27.7.